The van der Waals surface area contributed by atoms with Gasteiger partial charge in [0.25, 0.3) is 0 Å². The number of ether oxygens (including phenoxy) is 1. The minimum absolute atomic E-state index is 0.204. The van der Waals surface area contributed by atoms with Crippen LogP contribution in [0.3, 0.4) is 0 Å². The van der Waals surface area contributed by atoms with E-state index in [1.54, 1.807) is 0 Å². The van der Waals surface area contributed by atoms with Crippen LogP contribution in [0.1, 0.15) is 30.1 Å². The summed E-state index contributed by atoms with van der Waals surface area (Å²) in [5, 5.41) is 4.37. The smallest absolute Gasteiger partial charge is 0.339 e. The molecule has 25 heavy (non-hydrogen) atoms. The van der Waals surface area contributed by atoms with E-state index in [1.165, 1.54) is 5.39 Å². The van der Waals surface area contributed by atoms with Crippen LogP contribution in [0, 0.1) is 11.8 Å². The van der Waals surface area contributed by atoms with Gasteiger partial charge in [0.15, 0.2) is 0 Å². The van der Waals surface area contributed by atoms with Crippen molar-refractivity contribution in [1.29, 1.82) is 0 Å². The molecule has 2 heteroatoms. The van der Waals surface area contributed by atoms with E-state index < -0.39 is 0 Å². The molecule has 5 rings (SSSR count). The Kier molecular flexibility index (Phi) is 3.05. The second kappa shape index (κ2) is 5.19. The van der Waals surface area contributed by atoms with Gasteiger partial charge >= 0.3 is 5.97 Å². The fourth-order valence-corrected chi connectivity index (χ4v) is 4.58. The van der Waals surface area contributed by atoms with E-state index in [2.05, 4.69) is 49.4 Å². The maximum absolute atomic E-state index is 13.0. The van der Waals surface area contributed by atoms with Crippen molar-refractivity contribution >= 4 is 27.5 Å². The molecular formula is C23H20O2. The van der Waals surface area contributed by atoms with Crippen molar-refractivity contribution in [2.45, 2.75) is 25.4 Å². The van der Waals surface area contributed by atoms with Crippen LogP contribution < -0.4 is 0 Å². The minimum Gasteiger partial charge on any atom is -0.455 e. The van der Waals surface area contributed by atoms with Gasteiger partial charge in [-0.2, -0.15) is 0 Å². The molecule has 2 nitrogen and oxygen atoms in total. The first-order valence-electron chi connectivity index (χ1n) is 8.96. The molecule has 0 aromatic heterocycles. The van der Waals surface area contributed by atoms with Gasteiger partial charge in [0, 0.05) is 5.92 Å². The summed E-state index contributed by atoms with van der Waals surface area (Å²) in [5.74, 6) is 0.723. The normalized spacial score (nSPS) is 27.2. The quantitative estimate of drug-likeness (QED) is 0.352. The van der Waals surface area contributed by atoms with Gasteiger partial charge in [-0.05, 0) is 65.4 Å². The number of rotatable bonds is 2. The minimum atomic E-state index is -0.366. The van der Waals surface area contributed by atoms with Gasteiger partial charge in [-0.1, -0.05) is 48.6 Å². The molecule has 3 atom stereocenters. The van der Waals surface area contributed by atoms with Crippen LogP contribution in [0.2, 0.25) is 0 Å². The highest BCUT2D eigenvalue weighted by Crippen LogP contribution is 2.48. The van der Waals surface area contributed by atoms with Crippen LogP contribution in [0.5, 0.6) is 0 Å². The third-order valence-corrected chi connectivity index (χ3v) is 5.92. The maximum atomic E-state index is 13.0. The van der Waals surface area contributed by atoms with Crippen molar-refractivity contribution in [1.82, 2.24) is 0 Å². The molecule has 0 heterocycles. The van der Waals surface area contributed by atoms with Crippen molar-refractivity contribution in [2.24, 2.45) is 11.8 Å². The van der Waals surface area contributed by atoms with Crippen molar-refractivity contribution in [3.63, 3.8) is 0 Å². The van der Waals surface area contributed by atoms with Crippen LogP contribution in [0.25, 0.3) is 21.5 Å². The van der Waals surface area contributed by atoms with E-state index in [4.69, 9.17) is 4.74 Å². The Bertz CT molecular complexity index is 1030. The van der Waals surface area contributed by atoms with Crippen LogP contribution in [-0.4, -0.2) is 11.6 Å². The van der Waals surface area contributed by atoms with Crippen LogP contribution in [-0.2, 0) is 4.74 Å². The van der Waals surface area contributed by atoms with Crippen LogP contribution in [0.4, 0.5) is 0 Å². The second-order valence-electron chi connectivity index (χ2n) is 7.62. The zero-order chi connectivity index (χ0) is 17.0. The molecule has 3 unspecified atom stereocenters. The molecule has 1 fully saturated rings. The molecule has 3 aromatic rings. The molecule has 2 aliphatic carbocycles. The maximum Gasteiger partial charge on any atom is 0.339 e. The Morgan fingerprint density at radius 3 is 2.48 bits per heavy atom. The zero-order valence-electron chi connectivity index (χ0n) is 14.2. The highest BCUT2D eigenvalue weighted by Gasteiger charge is 2.48. The summed E-state index contributed by atoms with van der Waals surface area (Å²) in [6, 6.07) is 18.4. The lowest BCUT2D eigenvalue weighted by Crippen LogP contribution is -2.35. The summed E-state index contributed by atoms with van der Waals surface area (Å²) < 4.78 is 6.05. The number of hydrogen-bond donors (Lipinski definition) is 0. The molecule has 0 aliphatic heterocycles. The summed E-state index contributed by atoms with van der Waals surface area (Å²) in [6.45, 7) is 2.08. The number of carbonyl (C=O) groups excluding carboxylic acids is 1. The lowest BCUT2D eigenvalue weighted by atomic mass is 9.90. The number of carbonyl (C=O) groups is 1. The van der Waals surface area contributed by atoms with Crippen LogP contribution >= 0.6 is 0 Å². The van der Waals surface area contributed by atoms with E-state index in [0.717, 1.165) is 29.0 Å². The first kappa shape index (κ1) is 14.7. The fourth-order valence-electron chi connectivity index (χ4n) is 4.58. The van der Waals surface area contributed by atoms with E-state index in [0.29, 0.717) is 17.4 Å². The van der Waals surface area contributed by atoms with Crippen molar-refractivity contribution in [3.8, 4) is 0 Å². The van der Waals surface area contributed by atoms with Gasteiger partial charge in [0.2, 0.25) is 0 Å². The van der Waals surface area contributed by atoms with E-state index in [1.807, 2.05) is 24.3 Å². The van der Waals surface area contributed by atoms with E-state index >= 15 is 0 Å². The third-order valence-electron chi connectivity index (χ3n) is 5.92. The van der Waals surface area contributed by atoms with Gasteiger partial charge in [0.1, 0.15) is 5.60 Å². The highest BCUT2D eigenvalue weighted by molar-refractivity contribution is 6.09. The average Bonchev–Trinajstić information content (AvgIpc) is 3.19. The summed E-state index contributed by atoms with van der Waals surface area (Å²) in [5.41, 5.74) is 0.298. The Morgan fingerprint density at radius 1 is 1.00 bits per heavy atom. The average molecular weight is 328 g/mol. The summed E-state index contributed by atoms with van der Waals surface area (Å²) in [6.07, 6.45) is 6.54. The molecule has 0 N–H and O–H groups in total. The lowest BCUT2D eigenvalue weighted by Gasteiger charge is -2.31. The zero-order valence-corrected chi connectivity index (χ0v) is 14.2. The van der Waals surface area contributed by atoms with Crippen molar-refractivity contribution in [3.05, 3.63) is 72.3 Å². The summed E-state index contributed by atoms with van der Waals surface area (Å²) in [4.78, 5) is 13.0. The fraction of sp³-hybridized carbons (Fsp3) is 0.261. The second-order valence-corrected chi connectivity index (χ2v) is 7.62. The SMILES string of the molecule is CC1(OC(=O)c2cccc3cc4ccccc4cc23)CC2C=CC1C2. The molecule has 2 bridgehead atoms. The predicted octanol–water partition coefficient (Wildman–Crippen LogP) is 5.50. The lowest BCUT2D eigenvalue weighted by molar-refractivity contribution is -0.0216. The van der Waals surface area contributed by atoms with Crippen molar-refractivity contribution < 1.29 is 9.53 Å². The third kappa shape index (κ3) is 2.28. The molecule has 0 amide bonds. The number of hydrogen-bond acceptors (Lipinski definition) is 2. The van der Waals surface area contributed by atoms with Gasteiger partial charge < -0.3 is 4.74 Å². The molecule has 1 saturated carbocycles. The summed E-state index contributed by atoms with van der Waals surface area (Å²) >= 11 is 0. The molecule has 124 valence electrons. The monoisotopic (exact) mass is 328 g/mol. The van der Waals surface area contributed by atoms with Gasteiger partial charge in [-0.15, -0.1) is 0 Å². The molecule has 0 spiro atoms. The summed E-state index contributed by atoms with van der Waals surface area (Å²) in [7, 11) is 0. The Balaban J connectivity index is 1.57. The van der Waals surface area contributed by atoms with Gasteiger partial charge in [0.05, 0.1) is 5.56 Å². The number of fused-ring (bicyclic) bond motifs is 4. The molecule has 0 saturated heterocycles. The van der Waals surface area contributed by atoms with Crippen molar-refractivity contribution in [2.75, 3.05) is 0 Å². The predicted molar refractivity (Wildman–Crippen MR) is 101 cm³/mol. The van der Waals surface area contributed by atoms with Gasteiger partial charge in [-0.3, -0.25) is 0 Å². The van der Waals surface area contributed by atoms with Crippen LogP contribution in [0.15, 0.2) is 66.7 Å². The van der Waals surface area contributed by atoms with E-state index in [-0.39, 0.29) is 11.6 Å². The first-order chi connectivity index (χ1) is 12.1. The number of benzene rings is 3. The molecular weight excluding hydrogens is 308 g/mol. The molecule has 3 aromatic carbocycles. The number of allylic oxidation sites excluding steroid dienone is 1. The first-order valence-corrected chi connectivity index (χ1v) is 8.96. The Labute approximate surface area is 147 Å². The molecule has 0 radical (unpaired) electrons. The molecule has 2 aliphatic rings. The van der Waals surface area contributed by atoms with E-state index in [9.17, 15) is 4.79 Å². The van der Waals surface area contributed by atoms with Gasteiger partial charge in [-0.25, -0.2) is 4.79 Å². The standard InChI is InChI=1S/C23H20O2/c1-23(14-15-9-10-19(23)11-15)25-22(24)20-8-4-7-18-12-16-5-2-3-6-17(16)13-21(18)20/h2-10,12-13,15,19H,11,14H2,1H3. The number of esters is 1. The largest absolute Gasteiger partial charge is 0.455 e. The topological polar surface area (TPSA) is 26.3 Å². The highest BCUT2D eigenvalue weighted by atomic mass is 16.6. The Hall–Kier alpha value is -2.61. The Morgan fingerprint density at radius 2 is 1.76 bits per heavy atom.